The van der Waals surface area contributed by atoms with Crippen LogP contribution in [0.3, 0.4) is 0 Å². The minimum absolute atomic E-state index is 0. The zero-order valence-corrected chi connectivity index (χ0v) is 23.9. The molecule has 30 heavy (non-hydrogen) atoms. The van der Waals surface area contributed by atoms with E-state index in [9.17, 15) is 0 Å². The van der Waals surface area contributed by atoms with Crippen molar-refractivity contribution in [2.75, 3.05) is 6.26 Å². The Hall–Kier alpha value is -0.337. The Morgan fingerprint density at radius 3 is 2.30 bits per heavy atom. The first-order valence-corrected chi connectivity index (χ1v) is 12.1. The zero-order valence-electron chi connectivity index (χ0n) is 19.2. The summed E-state index contributed by atoms with van der Waals surface area (Å²) in [6, 6.07) is 0.497. The van der Waals surface area contributed by atoms with Crippen molar-refractivity contribution in [3.05, 3.63) is 81.5 Å². The predicted octanol–water partition coefficient (Wildman–Crippen LogP) is 0.288. The van der Waals surface area contributed by atoms with Crippen molar-refractivity contribution >= 4 is 15.0 Å². The number of fused-ring (bicyclic) bond motifs is 2. The molecule has 4 rings (SSSR count). The summed E-state index contributed by atoms with van der Waals surface area (Å²) in [5.41, 5.74) is 6.65. The Balaban J connectivity index is 0.000000465. The van der Waals surface area contributed by atoms with Crippen LogP contribution in [0.5, 0.6) is 0 Å². The normalized spacial score (nSPS) is 19.8. The van der Waals surface area contributed by atoms with Crippen LogP contribution in [0.25, 0.3) is 0 Å². The van der Waals surface area contributed by atoms with Gasteiger partial charge in [-0.2, -0.15) is 23.9 Å². The van der Waals surface area contributed by atoms with Crippen LogP contribution in [-0.4, -0.2) is 25.9 Å². The van der Waals surface area contributed by atoms with E-state index in [-0.39, 0.29) is 30.4 Å². The molecule has 0 aromatic carbocycles. The summed E-state index contributed by atoms with van der Waals surface area (Å²) in [6.07, 6.45) is 21.6. The molecule has 0 aromatic heterocycles. The second-order valence-corrected chi connectivity index (χ2v) is 11.7. The molecule has 0 saturated heterocycles. The third kappa shape index (κ3) is 7.66. The number of thioether (sulfide) groups is 1. The van der Waals surface area contributed by atoms with Crippen LogP contribution in [0.1, 0.15) is 48.5 Å². The monoisotopic (exact) mass is 537 g/mol. The van der Waals surface area contributed by atoms with E-state index < -0.39 is 0 Å². The molecule has 0 bridgehead atoms. The summed E-state index contributed by atoms with van der Waals surface area (Å²) in [5, 5.41) is 0. The van der Waals surface area contributed by atoms with Gasteiger partial charge in [0.2, 0.25) is 0 Å². The Bertz CT molecular complexity index is 860. The molecule has 0 radical (unpaired) electrons. The molecule has 0 amide bonds. The molecule has 0 saturated carbocycles. The molecule has 0 aromatic rings. The maximum atomic E-state index is 3.39. The van der Waals surface area contributed by atoms with Crippen LogP contribution < -0.4 is 24.8 Å². The molecule has 0 spiro atoms. The number of hydrogen-bond acceptors (Lipinski definition) is 2. The number of allylic oxidation sites excluding steroid dienone is 10. The molecule has 1 nitrogen and oxygen atoms in total. The smallest absolute Gasteiger partial charge is 1.00 e. The van der Waals surface area contributed by atoms with Gasteiger partial charge in [-0.05, 0) is 27.0 Å². The largest absolute Gasteiger partial charge is 1.00 e. The number of nitrogens with zero attached hydrogens (tertiary/aromatic N) is 1. The van der Waals surface area contributed by atoms with Gasteiger partial charge < -0.3 is 29.7 Å². The summed E-state index contributed by atoms with van der Waals surface area (Å²) in [7, 11) is 0. The van der Waals surface area contributed by atoms with E-state index in [1.54, 1.807) is 36.0 Å². The van der Waals surface area contributed by atoms with Crippen molar-refractivity contribution in [2.24, 2.45) is 0 Å². The second kappa shape index (κ2) is 12.6. The first-order valence-electron chi connectivity index (χ1n) is 9.67. The first kappa shape index (κ1) is 29.7. The third-order valence-electron chi connectivity index (χ3n) is 4.42. The first-order chi connectivity index (χ1) is 13.0. The van der Waals surface area contributed by atoms with Crippen molar-refractivity contribution in [1.82, 2.24) is 4.90 Å². The summed E-state index contributed by atoms with van der Waals surface area (Å²) in [5.74, 6) is 0. The maximum Gasteiger partial charge on any atom is -1.00 e. The van der Waals surface area contributed by atoms with Crippen LogP contribution in [0, 0.1) is 12.2 Å². The van der Waals surface area contributed by atoms with Gasteiger partial charge in [-0.25, -0.2) is 0 Å². The average Bonchev–Trinajstić information content (AvgIpc) is 3.25. The van der Waals surface area contributed by atoms with Crippen LogP contribution in [0.15, 0.2) is 69.4 Å². The zero-order chi connectivity index (χ0) is 21.1. The fourth-order valence-corrected chi connectivity index (χ4v) is 4.17. The van der Waals surface area contributed by atoms with Gasteiger partial charge >= 0.3 is 41.3 Å². The van der Waals surface area contributed by atoms with Crippen LogP contribution in [-0.2, 0) is 24.2 Å². The van der Waals surface area contributed by atoms with E-state index in [1.807, 2.05) is 6.08 Å². The molecule has 1 unspecified atom stereocenters. The SMILES string of the molecule is CC1=[C-]C2=CC(C)N(C(C)(C)C)C2=C1.CSC1=C2[C-]=CC=C2C=C1.C[C](C)=[Zr+2].[Cl-].[Cl-]. The third-order valence-corrected chi connectivity index (χ3v) is 5.20. The average molecular weight is 540 g/mol. The molecular formula is C25H31Cl2NSZr-2. The summed E-state index contributed by atoms with van der Waals surface area (Å²) in [6.45, 7) is 15.4. The molecule has 3 aliphatic carbocycles. The maximum absolute atomic E-state index is 3.39. The molecular weight excluding hydrogens is 508 g/mol. The Labute approximate surface area is 215 Å². The fraction of sp³-hybridized carbons (Fsp3) is 0.400. The fourth-order valence-electron chi connectivity index (χ4n) is 3.58. The van der Waals surface area contributed by atoms with Gasteiger partial charge in [0.25, 0.3) is 0 Å². The number of halogens is 2. The van der Waals surface area contributed by atoms with Crippen molar-refractivity contribution < 1.29 is 49.0 Å². The minimum Gasteiger partial charge on any atom is -1.00 e. The van der Waals surface area contributed by atoms with E-state index >= 15 is 0 Å². The van der Waals surface area contributed by atoms with Gasteiger partial charge in [-0.15, -0.1) is 52.7 Å². The van der Waals surface area contributed by atoms with Crippen LogP contribution >= 0.6 is 11.8 Å². The van der Waals surface area contributed by atoms with E-state index in [1.165, 1.54) is 36.1 Å². The topological polar surface area (TPSA) is 3.24 Å². The van der Waals surface area contributed by atoms with E-state index in [0.717, 1.165) is 0 Å². The van der Waals surface area contributed by atoms with E-state index in [0.29, 0.717) is 6.04 Å². The molecule has 0 fully saturated rings. The van der Waals surface area contributed by atoms with Gasteiger partial charge in [0.1, 0.15) is 0 Å². The van der Waals surface area contributed by atoms with Crippen molar-refractivity contribution in [1.29, 1.82) is 0 Å². The number of rotatable bonds is 1. The quantitative estimate of drug-likeness (QED) is 0.441. The van der Waals surface area contributed by atoms with Gasteiger partial charge in [-0.1, -0.05) is 30.5 Å². The standard InChI is InChI=1S/C13H18N.C9H7S.C3H6.2ClH.Zr/c1-9-6-11-8-10(2)14(12(11)7-9)13(3,4)5;1-10-9-6-5-7-3-2-4-8(7)9;1-3-2;;;/h7-8,10H,1-5H3;2-3,5-6H,1H3;1-2H3;2*1H;/q2*-1;;;;+2/p-2. The molecule has 1 heterocycles. The van der Waals surface area contributed by atoms with E-state index in [4.69, 9.17) is 0 Å². The van der Waals surface area contributed by atoms with E-state index in [2.05, 4.69) is 102 Å². The minimum atomic E-state index is 0. The van der Waals surface area contributed by atoms with Gasteiger partial charge in [-0.3, -0.25) is 0 Å². The van der Waals surface area contributed by atoms with Crippen molar-refractivity contribution in [3.8, 4) is 0 Å². The van der Waals surface area contributed by atoms with Gasteiger partial charge in [0.15, 0.2) is 0 Å². The summed E-state index contributed by atoms with van der Waals surface area (Å²) < 4.78 is 1.51. The van der Waals surface area contributed by atoms with Gasteiger partial charge in [0.05, 0.1) is 0 Å². The van der Waals surface area contributed by atoms with Gasteiger partial charge in [0, 0.05) is 11.6 Å². The summed E-state index contributed by atoms with van der Waals surface area (Å²) in [4.78, 5) is 3.80. The Morgan fingerprint density at radius 2 is 1.77 bits per heavy atom. The molecule has 0 N–H and O–H groups in total. The Kier molecular flexibility index (Phi) is 12.5. The summed E-state index contributed by atoms with van der Waals surface area (Å²) >= 11 is 3.33. The predicted molar refractivity (Wildman–Crippen MR) is 122 cm³/mol. The second-order valence-electron chi connectivity index (χ2n) is 8.41. The molecule has 1 aliphatic heterocycles. The molecule has 1 atom stereocenters. The molecule has 5 heteroatoms. The number of hydrogen-bond donors (Lipinski definition) is 0. The molecule has 162 valence electrons. The van der Waals surface area contributed by atoms with Crippen molar-refractivity contribution in [3.63, 3.8) is 0 Å². The van der Waals surface area contributed by atoms with Crippen molar-refractivity contribution in [2.45, 2.75) is 60.0 Å². The van der Waals surface area contributed by atoms with Crippen LogP contribution in [0.4, 0.5) is 0 Å². The van der Waals surface area contributed by atoms with Crippen LogP contribution in [0.2, 0.25) is 0 Å². The molecule has 4 aliphatic rings. The Morgan fingerprint density at radius 1 is 1.17 bits per heavy atom.